The van der Waals surface area contributed by atoms with Gasteiger partial charge in [0.2, 0.25) is 5.91 Å². The van der Waals surface area contributed by atoms with Crippen molar-refractivity contribution in [3.05, 3.63) is 59.9 Å². The smallest absolute Gasteiger partial charge is 0.223 e. The first-order chi connectivity index (χ1) is 12.6. The molecule has 2 aromatic rings. The van der Waals surface area contributed by atoms with Crippen molar-refractivity contribution in [2.24, 2.45) is 0 Å². The van der Waals surface area contributed by atoms with Crippen molar-refractivity contribution in [1.82, 2.24) is 9.88 Å². The van der Waals surface area contributed by atoms with Crippen molar-refractivity contribution in [3.63, 3.8) is 0 Å². The zero-order chi connectivity index (χ0) is 18.4. The summed E-state index contributed by atoms with van der Waals surface area (Å²) < 4.78 is 5.77. The van der Waals surface area contributed by atoms with Gasteiger partial charge >= 0.3 is 0 Å². The number of nitrogens with zero attached hydrogens (tertiary/aromatic N) is 2. The number of aryl methyl sites for hydroxylation is 1. The zero-order valence-corrected chi connectivity index (χ0v) is 15.7. The molecule has 138 valence electrons. The molecule has 4 nitrogen and oxygen atoms in total. The summed E-state index contributed by atoms with van der Waals surface area (Å²) in [5.41, 5.74) is 2.16. The number of benzene rings is 1. The number of hydrogen-bond donors (Lipinski definition) is 0. The number of carbonyl (C=O) groups is 1. The maximum atomic E-state index is 12.8. The minimum atomic E-state index is 0.0414. The van der Waals surface area contributed by atoms with Crippen LogP contribution in [-0.2, 0) is 4.79 Å². The van der Waals surface area contributed by atoms with Crippen LogP contribution in [0.25, 0.3) is 0 Å². The number of amides is 1. The van der Waals surface area contributed by atoms with Gasteiger partial charge in [0, 0.05) is 18.7 Å². The lowest BCUT2D eigenvalue weighted by molar-refractivity contribution is -0.134. The van der Waals surface area contributed by atoms with E-state index in [1.165, 1.54) is 5.56 Å². The minimum absolute atomic E-state index is 0.0414. The van der Waals surface area contributed by atoms with Gasteiger partial charge in [-0.05, 0) is 69.4 Å². The molecule has 1 amide bonds. The molecule has 3 rings (SSSR count). The molecule has 1 saturated carbocycles. The molecule has 1 fully saturated rings. The van der Waals surface area contributed by atoms with Gasteiger partial charge in [0.25, 0.3) is 0 Å². The predicted octanol–water partition coefficient (Wildman–Crippen LogP) is 4.69. The van der Waals surface area contributed by atoms with E-state index in [0.717, 1.165) is 37.1 Å². The van der Waals surface area contributed by atoms with Gasteiger partial charge in [-0.15, -0.1) is 0 Å². The normalized spacial score (nSPS) is 14.7. The Kier molecular flexibility index (Phi) is 6.26. The van der Waals surface area contributed by atoms with Crippen LogP contribution in [0.3, 0.4) is 0 Å². The maximum Gasteiger partial charge on any atom is 0.223 e. The molecular weight excluding hydrogens is 324 g/mol. The lowest BCUT2D eigenvalue weighted by Gasteiger charge is -2.29. The Morgan fingerprint density at radius 3 is 2.77 bits per heavy atom. The molecule has 1 aromatic heterocycles. The Hall–Kier alpha value is -2.36. The highest BCUT2D eigenvalue weighted by atomic mass is 16.5. The van der Waals surface area contributed by atoms with Crippen LogP contribution in [0, 0.1) is 6.92 Å². The van der Waals surface area contributed by atoms with E-state index >= 15 is 0 Å². The van der Waals surface area contributed by atoms with Crippen LogP contribution in [0.1, 0.15) is 56.3 Å². The molecule has 1 heterocycles. The van der Waals surface area contributed by atoms with E-state index in [0.29, 0.717) is 19.1 Å². The molecule has 26 heavy (non-hydrogen) atoms. The van der Waals surface area contributed by atoms with Crippen molar-refractivity contribution < 1.29 is 9.53 Å². The standard InChI is InChI=1S/C22H28N2O2/c1-17-8-7-9-20(16-17)26-15-6-4-11-22(25)24(19-12-13-19)18(2)21-10-3-5-14-23-21/h3,5,7-10,14,16,18-19H,4,6,11-13,15H2,1-2H3. The number of aromatic nitrogens is 1. The third-order valence-corrected chi connectivity index (χ3v) is 4.80. The van der Waals surface area contributed by atoms with E-state index < -0.39 is 0 Å². The fourth-order valence-electron chi connectivity index (χ4n) is 3.26. The number of ether oxygens (including phenoxy) is 1. The van der Waals surface area contributed by atoms with E-state index in [1.807, 2.05) is 41.3 Å². The first-order valence-corrected chi connectivity index (χ1v) is 9.56. The van der Waals surface area contributed by atoms with Gasteiger partial charge in [-0.25, -0.2) is 0 Å². The van der Waals surface area contributed by atoms with Crippen LogP contribution < -0.4 is 4.74 Å². The quantitative estimate of drug-likeness (QED) is 0.615. The molecule has 1 aliphatic carbocycles. The number of rotatable bonds is 9. The van der Waals surface area contributed by atoms with E-state index in [1.54, 1.807) is 6.20 Å². The van der Waals surface area contributed by atoms with Gasteiger partial charge in [-0.2, -0.15) is 0 Å². The Labute approximate surface area is 156 Å². The molecule has 1 unspecified atom stereocenters. The van der Waals surface area contributed by atoms with Gasteiger partial charge in [-0.1, -0.05) is 18.2 Å². The Morgan fingerprint density at radius 1 is 1.23 bits per heavy atom. The van der Waals surface area contributed by atoms with Crippen molar-refractivity contribution in [2.45, 2.75) is 58.0 Å². The van der Waals surface area contributed by atoms with Gasteiger partial charge in [0.05, 0.1) is 18.3 Å². The summed E-state index contributed by atoms with van der Waals surface area (Å²) in [6, 6.07) is 14.4. The maximum absolute atomic E-state index is 12.8. The first-order valence-electron chi connectivity index (χ1n) is 9.56. The molecule has 0 saturated heterocycles. The number of pyridine rings is 1. The van der Waals surface area contributed by atoms with Crippen molar-refractivity contribution in [2.75, 3.05) is 6.61 Å². The molecule has 0 bridgehead atoms. The average Bonchev–Trinajstić information content (AvgIpc) is 3.47. The molecule has 1 aliphatic rings. The lowest BCUT2D eigenvalue weighted by atomic mass is 10.1. The highest BCUT2D eigenvalue weighted by molar-refractivity contribution is 5.77. The van der Waals surface area contributed by atoms with Crippen LogP contribution in [0.15, 0.2) is 48.7 Å². The Bertz CT molecular complexity index is 713. The Balaban J connectivity index is 1.45. The average molecular weight is 352 g/mol. The van der Waals surface area contributed by atoms with Gasteiger partial charge in [0.1, 0.15) is 5.75 Å². The molecule has 0 radical (unpaired) electrons. The zero-order valence-electron chi connectivity index (χ0n) is 15.7. The summed E-state index contributed by atoms with van der Waals surface area (Å²) in [5, 5.41) is 0. The monoisotopic (exact) mass is 352 g/mol. The van der Waals surface area contributed by atoms with Crippen molar-refractivity contribution in [1.29, 1.82) is 0 Å². The van der Waals surface area contributed by atoms with Crippen LogP contribution in [0.5, 0.6) is 5.75 Å². The van der Waals surface area contributed by atoms with Crippen LogP contribution in [0.4, 0.5) is 0 Å². The number of carbonyl (C=O) groups excluding carboxylic acids is 1. The second-order valence-corrected chi connectivity index (χ2v) is 7.08. The van der Waals surface area contributed by atoms with E-state index in [2.05, 4.69) is 24.9 Å². The minimum Gasteiger partial charge on any atom is -0.494 e. The fraction of sp³-hybridized carbons (Fsp3) is 0.455. The topological polar surface area (TPSA) is 42.4 Å². The summed E-state index contributed by atoms with van der Waals surface area (Å²) in [5.74, 6) is 1.14. The summed E-state index contributed by atoms with van der Waals surface area (Å²) in [6.07, 6.45) is 6.33. The second kappa shape index (κ2) is 8.84. The molecule has 0 aliphatic heterocycles. The highest BCUT2D eigenvalue weighted by Crippen LogP contribution is 2.34. The van der Waals surface area contributed by atoms with Crippen molar-refractivity contribution in [3.8, 4) is 5.75 Å². The summed E-state index contributed by atoms with van der Waals surface area (Å²) >= 11 is 0. The largest absolute Gasteiger partial charge is 0.494 e. The molecular formula is C22H28N2O2. The molecule has 4 heteroatoms. The van der Waals surface area contributed by atoms with E-state index in [4.69, 9.17) is 4.74 Å². The number of hydrogen-bond acceptors (Lipinski definition) is 3. The fourth-order valence-corrected chi connectivity index (χ4v) is 3.26. The van der Waals surface area contributed by atoms with Crippen molar-refractivity contribution >= 4 is 5.91 Å². The molecule has 0 spiro atoms. The van der Waals surface area contributed by atoms with E-state index in [-0.39, 0.29) is 11.9 Å². The molecule has 1 aromatic carbocycles. The Morgan fingerprint density at radius 2 is 2.08 bits per heavy atom. The first kappa shape index (κ1) is 18.4. The summed E-state index contributed by atoms with van der Waals surface area (Å²) in [4.78, 5) is 19.2. The number of unbranched alkanes of at least 4 members (excludes halogenated alkanes) is 1. The third-order valence-electron chi connectivity index (χ3n) is 4.80. The van der Waals surface area contributed by atoms with Crippen LogP contribution in [-0.4, -0.2) is 28.4 Å². The molecule has 1 atom stereocenters. The van der Waals surface area contributed by atoms with Gasteiger partial charge in [0.15, 0.2) is 0 Å². The third kappa shape index (κ3) is 5.07. The van der Waals surface area contributed by atoms with Crippen LogP contribution in [0.2, 0.25) is 0 Å². The molecule has 0 N–H and O–H groups in total. The van der Waals surface area contributed by atoms with Crippen LogP contribution >= 0.6 is 0 Å². The SMILES string of the molecule is Cc1cccc(OCCCCC(=O)N(C2CC2)C(C)c2ccccn2)c1. The summed E-state index contributed by atoms with van der Waals surface area (Å²) in [6.45, 7) is 4.79. The van der Waals surface area contributed by atoms with Gasteiger partial charge in [-0.3, -0.25) is 9.78 Å². The predicted molar refractivity (Wildman–Crippen MR) is 103 cm³/mol. The highest BCUT2D eigenvalue weighted by Gasteiger charge is 2.36. The van der Waals surface area contributed by atoms with E-state index in [9.17, 15) is 4.79 Å². The lowest BCUT2D eigenvalue weighted by Crippen LogP contribution is -2.35. The van der Waals surface area contributed by atoms with Gasteiger partial charge < -0.3 is 9.64 Å². The summed E-state index contributed by atoms with van der Waals surface area (Å²) in [7, 11) is 0. The second-order valence-electron chi connectivity index (χ2n) is 7.08.